The molecule has 0 unspecified atom stereocenters. The molecular formula is C21H22BN7O2. The lowest BCUT2D eigenvalue weighted by atomic mass is 10.1. The van der Waals surface area contributed by atoms with Gasteiger partial charge in [0.2, 0.25) is 0 Å². The molecule has 0 saturated carbocycles. The number of carbonyl (C=O) groups excluding carboxylic acids is 1. The van der Waals surface area contributed by atoms with Gasteiger partial charge in [-0.25, -0.2) is 9.97 Å². The molecule has 0 spiro atoms. The fourth-order valence-electron chi connectivity index (χ4n) is 3.41. The lowest BCUT2D eigenvalue weighted by molar-refractivity contribution is 0.102. The number of nitrogens with two attached hydrogens (primary N) is 1. The van der Waals surface area contributed by atoms with E-state index in [4.69, 9.17) is 18.5 Å². The summed E-state index contributed by atoms with van der Waals surface area (Å²) in [5, 5.41) is 5.51. The molecule has 0 atom stereocenters. The smallest absolute Gasteiger partial charge is 0.278 e. The first-order valence-electron chi connectivity index (χ1n) is 9.89. The Labute approximate surface area is 181 Å². The van der Waals surface area contributed by atoms with Crippen molar-refractivity contribution in [3.8, 4) is 11.3 Å². The Bertz CT molecular complexity index is 1070. The van der Waals surface area contributed by atoms with Crippen LogP contribution in [0.3, 0.4) is 0 Å². The number of nitrogens with one attached hydrogen (secondary N) is 2. The molecule has 0 bridgehead atoms. The standard InChI is InChI=1S/C21H22BN7O2/c22-26-11-14-2-1-3-15(10-14)16-13-25-20(23)19(27-16)21(30)28-17-12-24-5-4-18(17)29-6-8-31-9-7-29/h1-5,10,12-13,26H,6-9,11H2,(H2,23,25)(H,28,30). The van der Waals surface area contributed by atoms with Crippen molar-refractivity contribution in [2.24, 2.45) is 0 Å². The molecule has 9 nitrogen and oxygen atoms in total. The summed E-state index contributed by atoms with van der Waals surface area (Å²) in [6, 6.07) is 9.52. The van der Waals surface area contributed by atoms with Gasteiger partial charge >= 0.3 is 0 Å². The van der Waals surface area contributed by atoms with Crippen molar-refractivity contribution >= 4 is 31.1 Å². The first-order chi connectivity index (χ1) is 15.2. The molecule has 2 aromatic heterocycles. The number of ether oxygens (including phenoxy) is 1. The highest BCUT2D eigenvalue weighted by molar-refractivity contribution is 6.07. The number of pyridine rings is 1. The Kier molecular flexibility index (Phi) is 6.39. The van der Waals surface area contributed by atoms with Crippen molar-refractivity contribution < 1.29 is 9.53 Å². The van der Waals surface area contributed by atoms with Crippen LogP contribution >= 0.6 is 0 Å². The molecule has 1 fully saturated rings. The predicted molar refractivity (Wildman–Crippen MR) is 120 cm³/mol. The summed E-state index contributed by atoms with van der Waals surface area (Å²) < 4.78 is 5.42. The molecule has 4 rings (SSSR count). The average molecular weight is 415 g/mol. The molecule has 4 N–H and O–H groups in total. The Balaban J connectivity index is 1.60. The van der Waals surface area contributed by atoms with Crippen LogP contribution in [-0.4, -0.2) is 55.1 Å². The van der Waals surface area contributed by atoms with Gasteiger partial charge in [-0.3, -0.25) is 9.78 Å². The van der Waals surface area contributed by atoms with Crippen molar-refractivity contribution in [2.45, 2.75) is 6.54 Å². The van der Waals surface area contributed by atoms with Crippen LogP contribution in [0.15, 0.2) is 48.9 Å². The Morgan fingerprint density at radius 1 is 1.23 bits per heavy atom. The third-order valence-electron chi connectivity index (χ3n) is 4.94. The van der Waals surface area contributed by atoms with E-state index in [-0.39, 0.29) is 11.5 Å². The Morgan fingerprint density at radius 3 is 2.87 bits per heavy atom. The number of carbonyl (C=O) groups is 1. The Hall–Kier alpha value is -3.50. The van der Waals surface area contributed by atoms with Crippen LogP contribution in [0.5, 0.6) is 0 Å². The maximum absolute atomic E-state index is 13.0. The van der Waals surface area contributed by atoms with E-state index in [9.17, 15) is 4.79 Å². The molecule has 3 aromatic rings. The van der Waals surface area contributed by atoms with Gasteiger partial charge in [0.25, 0.3) is 5.91 Å². The molecule has 3 heterocycles. The molecule has 156 valence electrons. The number of hydrogen-bond donors (Lipinski definition) is 3. The lowest BCUT2D eigenvalue weighted by Gasteiger charge is -2.30. The van der Waals surface area contributed by atoms with Crippen molar-refractivity contribution in [2.75, 3.05) is 42.3 Å². The van der Waals surface area contributed by atoms with Crippen molar-refractivity contribution in [3.05, 3.63) is 60.2 Å². The highest BCUT2D eigenvalue weighted by Gasteiger charge is 2.19. The van der Waals surface area contributed by atoms with Gasteiger partial charge < -0.3 is 25.9 Å². The summed E-state index contributed by atoms with van der Waals surface area (Å²) in [6.07, 6.45) is 4.85. The van der Waals surface area contributed by atoms with E-state index in [0.29, 0.717) is 31.1 Å². The molecule has 2 radical (unpaired) electrons. The number of amides is 1. The van der Waals surface area contributed by atoms with E-state index in [1.165, 1.54) is 0 Å². The predicted octanol–water partition coefficient (Wildman–Crippen LogP) is 1.38. The van der Waals surface area contributed by atoms with Gasteiger partial charge in [-0.05, 0) is 17.7 Å². The van der Waals surface area contributed by atoms with Crippen LogP contribution in [-0.2, 0) is 11.3 Å². The molecule has 1 aliphatic heterocycles. The number of benzene rings is 1. The van der Waals surface area contributed by atoms with Gasteiger partial charge in [0.05, 0.1) is 42.7 Å². The quantitative estimate of drug-likeness (QED) is 0.517. The van der Waals surface area contributed by atoms with Crippen LogP contribution in [0.2, 0.25) is 0 Å². The average Bonchev–Trinajstić information content (AvgIpc) is 2.81. The topological polar surface area (TPSA) is 118 Å². The van der Waals surface area contributed by atoms with Gasteiger partial charge in [-0.1, -0.05) is 18.2 Å². The second kappa shape index (κ2) is 9.54. The Morgan fingerprint density at radius 2 is 2.06 bits per heavy atom. The van der Waals surface area contributed by atoms with Gasteiger partial charge in [0.15, 0.2) is 19.5 Å². The minimum absolute atomic E-state index is 0.0524. The first-order valence-corrected chi connectivity index (χ1v) is 9.89. The molecule has 31 heavy (non-hydrogen) atoms. The normalized spacial score (nSPS) is 13.7. The molecule has 10 heteroatoms. The molecule has 0 aliphatic carbocycles. The van der Waals surface area contributed by atoms with Crippen molar-refractivity contribution in [1.82, 2.24) is 20.2 Å². The van der Waals surface area contributed by atoms with Crippen LogP contribution in [0.4, 0.5) is 17.2 Å². The molecule has 1 amide bonds. The molecule has 1 saturated heterocycles. The third kappa shape index (κ3) is 4.81. The summed E-state index contributed by atoms with van der Waals surface area (Å²) in [6.45, 7) is 3.25. The maximum Gasteiger partial charge on any atom is 0.278 e. The summed E-state index contributed by atoms with van der Waals surface area (Å²) in [5.74, 6) is -0.396. The van der Waals surface area contributed by atoms with Gasteiger partial charge in [0.1, 0.15) is 0 Å². The van der Waals surface area contributed by atoms with Crippen LogP contribution in [0, 0.1) is 0 Å². The zero-order chi connectivity index (χ0) is 21.6. The fraction of sp³-hybridized carbons (Fsp3) is 0.238. The highest BCUT2D eigenvalue weighted by atomic mass is 16.5. The van der Waals surface area contributed by atoms with Crippen LogP contribution in [0.25, 0.3) is 11.3 Å². The summed E-state index contributed by atoms with van der Waals surface area (Å²) in [4.78, 5) is 28.0. The van der Waals surface area contributed by atoms with E-state index in [1.54, 1.807) is 18.6 Å². The minimum Gasteiger partial charge on any atom is -0.382 e. The SMILES string of the molecule is [B]NCc1cccc(-c2cnc(N)c(C(=O)Nc3cnccc3N3CCOCC3)n2)c1. The monoisotopic (exact) mass is 415 g/mol. The van der Waals surface area contributed by atoms with Gasteiger partial charge in [-0.15, -0.1) is 0 Å². The van der Waals surface area contributed by atoms with Crippen LogP contribution in [0.1, 0.15) is 16.1 Å². The van der Waals surface area contributed by atoms with Crippen LogP contribution < -0.4 is 21.2 Å². The molecule has 1 aliphatic rings. The summed E-state index contributed by atoms with van der Waals surface area (Å²) in [7, 11) is 5.41. The molecular weight excluding hydrogens is 393 g/mol. The second-order valence-corrected chi connectivity index (χ2v) is 7.02. The number of aromatic nitrogens is 3. The van der Waals surface area contributed by atoms with E-state index in [2.05, 4.69) is 30.4 Å². The zero-order valence-electron chi connectivity index (χ0n) is 16.9. The largest absolute Gasteiger partial charge is 0.382 e. The number of nitrogen functional groups attached to an aromatic ring is 1. The fourth-order valence-corrected chi connectivity index (χ4v) is 3.41. The molecule has 1 aromatic carbocycles. The second-order valence-electron chi connectivity index (χ2n) is 7.02. The first kappa shape index (κ1) is 20.8. The van der Waals surface area contributed by atoms with Crippen molar-refractivity contribution in [3.63, 3.8) is 0 Å². The summed E-state index contributed by atoms with van der Waals surface area (Å²) >= 11 is 0. The maximum atomic E-state index is 13.0. The van der Waals surface area contributed by atoms with Crippen molar-refractivity contribution in [1.29, 1.82) is 0 Å². The number of anilines is 3. The van der Waals surface area contributed by atoms with E-state index < -0.39 is 5.91 Å². The van der Waals surface area contributed by atoms with E-state index in [1.807, 2.05) is 30.3 Å². The number of rotatable bonds is 6. The van der Waals surface area contributed by atoms with Gasteiger partial charge in [-0.2, -0.15) is 0 Å². The third-order valence-corrected chi connectivity index (χ3v) is 4.94. The number of hydrogen-bond acceptors (Lipinski definition) is 8. The van der Waals surface area contributed by atoms with E-state index >= 15 is 0 Å². The highest BCUT2D eigenvalue weighted by Crippen LogP contribution is 2.26. The number of morpholine rings is 1. The summed E-state index contributed by atoms with van der Waals surface area (Å²) in [5.41, 5.74) is 9.81. The zero-order valence-corrected chi connectivity index (χ0v) is 16.9. The van der Waals surface area contributed by atoms with E-state index in [0.717, 1.165) is 29.9 Å². The lowest BCUT2D eigenvalue weighted by Crippen LogP contribution is -2.36. The van der Waals surface area contributed by atoms with Gasteiger partial charge in [0, 0.05) is 31.4 Å². The minimum atomic E-state index is -0.450. The number of nitrogens with zero attached hydrogens (tertiary/aromatic N) is 4.